The number of carbonyl (C=O) groups excluding carboxylic acids is 2. The maximum Gasteiger partial charge on any atom is 0.347 e. The second-order valence-electron chi connectivity index (χ2n) is 8.35. The fourth-order valence-corrected chi connectivity index (χ4v) is 5.13. The average molecular weight is 535 g/mol. The number of rotatable bonds is 7. The lowest BCUT2D eigenvalue weighted by molar-refractivity contribution is -0.126. The Morgan fingerprint density at radius 3 is 2.63 bits per heavy atom. The van der Waals surface area contributed by atoms with E-state index in [0.717, 1.165) is 17.0 Å². The van der Waals surface area contributed by atoms with Crippen LogP contribution in [0.1, 0.15) is 29.8 Å². The van der Waals surface area contributed by atoms with Gasteiger partial charge in [-0.25, -0.2) is 4.79 Å². The van der Waals surface area contributed by atoms with Crippen LogP contribution in [-0.4, -0.2) is 53.2 Å². The molecule has 0 spiro atoms. The largest absolute Gasteiger partial charge is 0.422 e. The van der Waals surface area contributed by atoms with E-state index in [0.29, 0.717) is 47.3 Å². The summed E-state index contributed by atoms with van der Waals surface area (Å²) in [5.41, 5.74) is 0.786. The van der Waals surface area contributed by atoms with Crippen molar-refractivity contribution in [2.45, 2.75) is 31.4 Å². The predicted molar refractivity (Wildman–Crippen MR) is 137 cm³/mol. The molecule has 2 heterocycles. The topological polar surface area (TPSA) is 80.1 Å². The molecule has 184 valence electrons. The highest BCUT2D eigenvalue weighted by atomic mass is 35.5. The second-order valence-corrected chi connectivity index (χ2v) is 10.3. The van der Waals surface area contributed by atoms with Crippen molar-refractivity contribution < 1.29 is 18.7 Å². The van der Waals surface area contributed by atoms with Crippen LogP contribution >= 0.6 is 35.1 Å². The normalized spacial score (nSPS) is 16.4. The van der Waals surface area contributed by atoms with E-state index in [2.05, 4.69) is 4.90 Å². The first-order valence-electron chi connectivity index (χ1n) is 11.0. The number of ketones is 1. The molecule has 0 saturated carbocycles. The third kappa shape index (κ3) is 6.45. The van der Waals surface area contributed by atoms with Gasteiger partial charge in [-0.3, -0.25) is 18.8 Å². The maximum atomic E-state index is 12.4. The van der Waals surface area contributed by atoms with Gasteiger partial charge in [0.1, 0.15) is 11.1 Å². The molecule has 0 unspecified atom stereocenters. The average Bonchev–Trinajstić information content (AvgIpc) is 2.81. The van der Waals surface area contributed by atoms with Crippen molar-refractivity contribution in [1.29, 1.82) is 0 Å². The molecule has 1 amide bonds. The second kappa shape index (κ2) is 11.1. The van der Waals surface area contributed by atoms with Crippen LogP contribution < -0.4 is 5.63 Å². The molecule has 1 saturated heterocycles. The minimum absolute atomic E-state index is 0.000691. The third-order valence-corrected chi connectivity index (χ3v) is 7.46. The van der Waals surface area contributed by atoms with Gasteiger partial charge in [-0.05, 0) is 60.8 Å². The summed E-state index contributed by atoms with van der Waals surface area (Å²) in [4.78, 5) is 39.1. The van der Waals surface area contributed by atoms with Crippen LogP contribution in [0.5, 0.6) is 0 Å². The summed E-state index contributed by atoms with van der Waals surface area (Å²) in [7, 11) is 0. The first-order chi connectivity index (χ1) is 16.7. The molecular formula is C25H24Cl2N2O5S. The summed E-state index contributed by atoms with van der Waals surface area (Å²) in [5, 5.41) is 1.67. The van der Waals surface area contributed by atoms with E-state index in [1.165, 1.54) is 31.9 Å². The highest BCUT2D eigenvalue weighted by molar-refractivity contribution is 7.97. The number of morpholine rings is 1. The number of halogens is 2. The molecule has 3 aromatic rings. The van der Waals surface area contributed by atoms with Crippen LogP contribution in [-0.2, 0) is 16.1 Å². The summed E-state index contributed by atoms with van der Waals surface area (Å²) in [6.45, 7) is 5.94. The van der Waals surface area contributed by atoms with Gasteiger partial charge in [0, 0.05) is 36.8 Å². The molecule has 0 N–H and O–H groups in total. The zero-order valence-corrected chi connectivity index (χ0v) is 21.6. The van der Waals surface area contributed by atoms with E-state index in [1.807, 2.05) is 12.1 Å². The molecule has 1 aliphatic heterocycles. The predicted octanol–water partition coefficient (Wildman–Crippen LogP) is 5.06. The zero-order chi connectivity index (χ0) is 25.1. The number of ether oxygens (including phenoxy) is 1. The Balaban J connectivity index is 1.45. The van der Waals surface area contributed by atoms with Crippen molar-refractivity contribution >= 4 is 57.8 Å². The zero-order valence-electron chi connectivity index (χ0n) is 19.3. The molecule has 35 heavy (non-hydrogen) atoms. The highest BCUT2D eigenvalue weighted by Crippen LogP contribution is 2.28. The van der Waals surface area contributed by atoms with E-state index >= 15 is 0 Å². The van der Waals surface area contributed by atoms with Crippen LogP contribution in [0.25, 0.3) is 11.0 Å². The van der Waals surface area contributed by atoms with Gasteiger partial charge in [0.25, 0.3) is 0 Å². The lowest BCUT2D eigenvalue weighted by atomic mass is 10.1. The van der Waals surface area contributed by atoms with Gasteiger partial charge in [0.15, 0.2) is 5.78 Å². The Bertz CT molecular complexity index is 1330. The lowest BCUT2D eigenvalue weighted by Crippen LogP contribution is -2.46. The summed E-state index contributed by atoms with van der Waals surface area (Å²) in [6, 6.07) is 12.4. The molecule has 1 fully saturated rings. The third-order valence-electron chi connectivity index (χ3n) is 5.63. The molecule has 0 bridgehead atoms. The van der Waals surface area contributed by atoms with Gasteiger partial charge in [-0.2, -0.15) is 0 Å². The van der Waals surface area contributed by atoms with Crippen LogP contribution in [0.15, 0.2) is 56.6 Å². The number of Topliss-reactive ketones (excluding diaryl/α,β-unsaturated/α-hetero) is 1. The molecular weight excluding hydrogens is 511 g/mol. The summed E-state index contributed by atoms with van der Waals surface area (Å²) < 4.78 is 12.9. The van der Waals surface area contributed by atoms with E-state index < -0.39 is 5.63 Å². The van der Waals surface area contributed by atoms with Crippen molar-refractivity contribution in [3.05, 3.63) is 74.1 Å². The SMILES string of the molecule is CC(=O)c1cc2cc(SN(C[C@@H]3CN(Cc4ccc(Cl)c(Cl)c4)CCO3)C(C)=O)ccc2oc1=O. The molecule has 2 aromatic carbocycles. The van der Waals surface area contributed by atoms with Crippen molar-refractivity contribution in [1.82, 2.24) is 9.21 Å². The Labute approximate surface area is 217 Å². The fourth-order valence-electron chi connectivity index (χ4n) is 3.88. The van der Waals surface area contributed by atoms with E-state index in [1.54, 1.807) is 28.6 Å². The van der Waals surface area contributed by atoms with Crippen molar-refractivity contribution in [2.75, 3.05) is 26.2 Å². The molecule has 4 rings (SSSR count). The maximum absolute atomic E-state index is 12.4. The Hall–Kier alpha value is -2.36. The smallest absolute Gasteiger partial charge is 0.347 e. The van der Waals surface area contributed by atoms with Crippen LogP contribution in [0, 0.1) is 0 Å². The van der Waals surface area contributed by atoms with Gasteiger partial charge in [-0.1, -0.05) is 29.3 Å². The summed E-state index contributed by atoms with van der Waals surface area (Å²) >= 11 is 13.5. The van der Waals surface area contributed by atoms with Crippen LogP contribution in [0.4, 0.5) is 0 Å². The monoisotopic (exact) mass is 534 g/mol. The fraction of sp³-hybridized carbons (Fsp3) is 0.320. The standard InChI is InChI=1S/C25H24Cl2N2O5S/c1-15(30)21-11-18-10-20(4-6-24(18)34-25(21)32)35-29(16(2)31)14-19-13-28(7-8-33-19)12-17-3-5-22(26)23(27)9-17/h3-6,9-11,19H,7-8,12-14H2,1-2H3/t19-/m0/s1. The van der Waals surface area contributed by atoms with Gasteiger partial charge in [0.2, 0.25) is 5.91 Å². The van der Waals surface area contributed by atoms with Gasteiger partial charge in [0.05, 0.1) is 29.3 Å². The van der Waals surface area contributed by atoms with E-state index in [4.69, 9.17) is 32.4 Å². The van der Waals surface area contributed by atoms with Crippen molar-refractivity contribution in [3.8, 4) is 0 Å². The lowest BCUT2D eigenvalue weighted by Gasteiger charge is -2.35. The number of benzene rings is 2. The molecule has 1 atom stereocenters. The number of nitrogens with zero attached hydrogens (tertiary/aromatic N) is 2. The van der Waals surface area contributed by atoms with Gasteiger partial charge in [-0.15, -0.1) is 0 Å². The molecule has 1 aromatic heterocycles. The Kier molecular flexibility index (Phi) is 8.19. The first kappa shape index (κ1) is 25.7. The quantitative estimate of drug-likeness (QED) is 0.238. The summed E-state index contributed by atoms with van der Waals surface area (Å²) in [6.07, 6.45) is -0.161. The van der Waals surface area contributed by atoms with Gasteiger partial charge < -0.3 is 9.15 Å². The Morgan fingerprint density at radius 2 is 1.91 bits per heavy atom. The van der Waals surface area contributed by atoms with Crippen molar-refractivity contribution in [2.24, 2.45) is 0 Å². The number of hydrogen-bond donors (Lipinski definition) is 0. The number of amides is 1. The number of carbonyl (C=O) groups is 2. The van der Waals surface area contributed by atoms with E-state index in [-0.39, 0.29) is 23.4 Å². The van der Waals surface area contributed by atoms with Crippen LogP contribution in [0.3, 0.4) is 0 Å². The molecule has 0 radical (unpaired) electrons. The van der Waals surface area contributed by atoms with E-state index in [9.17, 15) is 14.4 Å². The highest BCUT2D eigenvalue weighted by Gasteiger charge is 2.25. The molecule has 7 nitrogen and oxygen atoms in total. The minimum Gasteiger partial charge on any atom is -0.422 e. The molecule has 1 aliphatic rings. The van der Waals surface area contributed by atoms with Crippen LogP contribution in [0.2, 0.25) is 10.0 Å². The minimum atomic E-state index is -0.657. The number of fused-ring (bicyclic) bond motifs is 1. The summed E-state index contributed by atoms with van der Waals surface area (Å²) in [5.74, 6) is -0.465. The van der Waals surface area contributed by atoms with Gasteiger partial charge >= 0.3 is 5.63 Å². The first-order valence-corrected chi connectivity index (χ1v) is 12.6. The molecule has 0 aliphatic carbocycles. The Morgan fingerprint density at radius 1 is 1.11 bits per heavy atom. The van der Waals surface area contributed by atoms with Crippen molar-refractivity contribution in [3.63, 3.8) is 0 Å². The number of hydrogen-bond acceptors (Lipinski definition) is 7. The molecule has 10 heteroatoms.